The number of rotatable bonds is 2. The highest BCUT2D eigenvalue weighted by molar-refractivity contribution is 5.79. The van der Waals surface area contributed by atoms with Crippen LogP contribution in [0.4, 0.5) is 14.7 Å². The first-order chi connectivity index (χ1) is 9.15. The number of ether oxygens (including phenoxy) is 1. The smallest absolute Gasteiger partial charge is 0.201 e. The number of benzene rings is 1. The summed E-state index contributed by atoms with van der Waals surface area (Å²) >= 11 is 0. The molecule has 0 amide bonds. The first kappa shape index (κ1) is 12.3. The Labute approximate surface area is 109 Å². The number of nitrogen functional groups attached to an aromatic ring is 1. The molecule has 0 aliphatic carbocycles. The Morgan fingerprint density at radius 1 is 1.42 bits per heavy atom. The van der Waals surface area contributed by atoms with Crippen LogP contribution in [-0.2, 0) is 11.3 Å². The minimum atomic E-state index is -0.680. The number of nitrogens with two attached hydrogens (primary N) is 1. The lowest BCUT2D eigenvalue weighted by atomic mass is 10.0. The average molecular weight is 267 g/mol. The number of hydrogen-bond acceptors (Lipinski definition) is 3. The van der Waals surface area contributed by atoms with Gasteiger partial charge in [-0.25, -0.2) is 13.8 Å². The number of anilines is 1. The van der Waals surface area contributed by atoms with E-state index in [9.17, 15) is 8.78 Å². The molecule has 0 bridgehead atoms. The monoisotopic (exact) mass is 267 g/mol. The maximum absolute atomic E-state index is 13.6. The summed E-state index contributed by atoms with van der Waals surface area (Å²) in [6.45, 7) is 2.00. The van der Waals surface area contributed by atoms with Gasteiger partial charge in [-0.3, -0.25) is 0 Å². The van der Waals surface area contributed by atoms with E-state index < -0.39 is 11.6 Å². The molecule has 19 heavy (non-hydrogen) atoms. The van der Waals surface area contributed by atoms with Crippen molar-refractivity contribution in [2.75, 3.05) is 18.9 Å². The molecule has 1 aliphatic rings. The number of imidazole rings is 1. The van der Waals surface area contributed by atoms with Crippen LogP contribution in [0.1, 0.15) is 12.8 Å². The van der Waals surface area contributed by atoms with Crippen LogP contribution in [-0.4, -0.2) is 22.8 Å². The van der Waals surface area contributed by atoms with Crippen molar-refractivity contribution in [3.05, 3.63) is 23.8 Å². The van der Waals surface area contributed by atoms with Gasteiger partial charge in [-0.1, -0.05) is 0 Å². The van der Waals surface area contributed by atoms with Crippen LogP contribution in [0, 0.1) is 17.6 Å². The Balaban J connectivity index is 1.99. The minimum Gasteiger partial charge on any atom is -0.381 e. The third kappa shape index (κ3) is 2.28. The highest BCUT2D eigenvalue weighted by Gasteiger charge is 2.19. The van der Waals surface area contributed by atoms with E-state index in [4.69, 9.17) is 10.5 Å². The molecule has 2 N–H and O–H groups in total. The van der Waals surface area contributed by atoms with Gasteiger partial charge in [-0.15, -0.1) is 0 Å². The van der Waals surface area contributed by atoms with Gasteiger partial charge in [0.1, 0.15) is 11.3 Å². The fourth-order valence-electron chi connectivity index (χ4n) is 2.57. The van der Waals surface area contributed by atoms with Gasteiger partial charge in [0.2, 0.25) is 5.95 Å². The average Bonchev–Trinajstić information content (AvgIpc) is 2.69. The van der Waals surface area contributed by atoms with Crippen LogP contribution in [0.15, 0.2) is 12.1 Å². The molecule has 1 aromatic heterocycles. The molecule has 6 heteroatoms. The summed E-state index contributed by atoms with van der Waals surface area (Å²) in [6.07, 6.45) is 2.02. The number of aromatic nitrogens is 2. The van der Waals surface area contributed by atoms with Gasteiger partial charge in [0.25, 0.3) is 0 Å². The molecule has 1 fully saturated rings. The molecule has 3 rings (SSSR count). The fraction of sp³-hybridized carbons (Fsp3) is 0.462. The predicted octanol–water partition coefficient (Wildman–Crippen LogP) is 2.32. The highest BCUT2D eigenvalue weighted by Crippen LogP contribution is 2.25. The summed E-state index contributed by atoms with van der Waals surface area (Å²) in [5.41, 5.74) is 6.34. The van der Waals surface area contributed by atoms with E-state index in [1.165, 1.54) is 6.07 Å². The van der Waals surface area contributed by atoms with E-state index >= 15 is 0 Å². The third-order valence-corrected chi connectivity index (χ3v) is 3.50. The van der Waals surface area contributed by atoms with Crippen LogP contribution in [0.2, 0.25) is 0 Å². The summed E-state index contributed by atoms with van der Waals surface area (Å²) in [5.74, 6) is -0.781. The van der Waals surface area contributed by atoms with Gasteiger partial charge in [0.05, 0.1) is 12.1 Å². The Morgan fingerprint density at radius 2 is 2.26 bits per heavy atom. The topological polar surface area (TPSA) is 53.1 Å². The number of fused-ring (bicyclic) bond motifs is 1. The first-order valence-electron chi connectivity index (χ1n) is 6.33. The molecule has 0 radical (unpaired) electrons. The molecule has 0 saturated carbocycles. The molecule has 4 nitrogen and oxygen atoms in total. The summed E-state index contributed by atoms with van der Waals surface area (Å²) in [4.78, 5) is 3.98. The summed E-state index contributed by atoms with van der Waals surface area (Å²) in [5, 5.41) is 0. The van der Waals surface area contributed by atoms with Crippen molar-refractivity contribution >= 4 is 17.0 Å². The van der Waals surface area contributed by atoms with E-state index in [0.29, 0.717) is 24.6 Å². The van der Waals surface area contributed by atoms with Crippen molar-refractivity contribution in [1.29, 1.82) is 0 Å². The van der Waals surface area contributed by atoms with Gasteiger partial charge in [0, 0.05) is 31.2 Å². The quantitative estimate of drug-likeness (QED) is 0.908. The van der Waals surface area contributed by atoms with Gasteiger partial charge < -0.3 is 15.0 Å². The molecule has 1 atom stereocenters. The highest BCUT2D eigenvalue weighted by atomic mass is 19.1. The Morgan fingerprint density at radius 3 is 3.00 bits per heavy atom. The van der Waals surface area contributed by atoms with Crippen LogP contribution < -0.4 is 5.73 Å². The number of hydrogen-bond donors (Lipinski definition) is 1. The Bertz CT molecular complexity index is 605. The first-order valence-corrected chi connectivity index (χ1v) is 6.33. The second-order valence-electron chi connectivity index (χ2n) is 4.92. The van der Waals surface area contributed by atoms with Crippen LogP contribution in [0.25, 0.3) is 11.0 Å². The van der Waals surface area contributed by atoms with Crippen LogP contribution in [0.3, 0.4) is 0 Å². The molecule has 2 heterocycles. The van der Waals surface area contributed by atoms with Crippen LogP contribution in [0.5, 0.6) is 0 Å². The van der Waals surface area contributed by atoms with E-state index in [-0.39, 0.29) is 11.5 Å². The maximum Gasteiger partial charge on any atom is 0.201 e. The molecule has 102 valence electrons. The zero-order chi connectivity index (χ0) is 13.4. The van der Waals surface area contributed by atoms with Gasteiger partial charge in [-0.05, 0) is 12.8 Å². The molecular formula is C13H15F2N3O. The van der Waals surface area contributed by atoms with Crippen LogP contribution >= 0.6 is 0 Å². The van der Waals surface area contributed by atoms with Gasteiger partial charge in [0.15, 0.2) is 5.82 Å². The van der Waals surface area contributed by atoms with E-state index in [1.807, 2.05) is 0 Å². The second-order valence-corrected chi connectivity index (χ2v) is 4.92. The van der Waals surface area contributed by atoms with Crippen molar-refractivity contribution in [2.24, 2.45) is 5.92 Å². The number of nitrogens with zero attached hydrogens (tertiary/aromatic N) is 2. The number of halogens is 2. The molecule has 2 aromatic rings. The van der Waals surface area contributed by atoms with Crippen molar-refractivity contribution in [3.8, 4) is 0 Å². The summed E-state index contributed by atoms with van der Waals surface area (Å²) in [7, 11) is 0. The second kappa shape index (κ2) is 4.77. The minimum absolute atomic E-state index is 0.121. The van der Waals surface area contributed by atoms with Crippen molar-refractivity contribution in [1.82, 2.24) is 9.55 Å². The molecule has 1 aliphatic heterocycles. The zero-order valence-corrected chi connectivity index (χ0v) is 10.4. The standard InChI is InChI=1S/C13H15F2N3O/c14-9-4-10(15)12-11(5-9)18(13(16)17-12)6-8-2-1-3-19-7-8/h4-5,8H,1-3,6-7H2,(H2,16,17). The van der Waals surface area contributed by atoms with Crippen molar-refractivity contribution in [3.63, 3.8) is 0 Å². The SMILES string of the molecule is Nc1nc2c(F)cc(F)cc2n1CC1CCCOC1. The van der Waals surface area contributed by atoms with E-state index in [0.717, 1.165) is 25.5 Å². The lowest BCUT2D eigenvalue weighted by Gasteiger charge is -2.23. The largest absolute Gasteiger partial charge is 0.381 e. The molecule has 1 unspecified atom stereocenters. The van der Waals surface area contributed by atoms with Gasteiger partial charge >= 0.3 is 0 Å². The Hall–Kier alpha value is -1.69. The summed E-state index contributed by atoms with van der Waals surface area (Å²) in [6, 6.07) is 2.09. The summed E-state index contributed by atoms with van der Waals surface area (Å²) < 4.78 is 34.0. The lowest BCUT2D eigenvalue weighted by molar-refractivity contribution is 0.0490. The zero-order valence-electron chi connectivity index (χ0n) is 10.4. The van der Waals surface area contributed by atoms with Crippen molar-refractivity contribution < 1.29 is 13.5 Å². The normalized spacial score (nSPS) is 20.0. The third-order valence-electron chi connectivity index (χ3n) is 3.50. The molecular weight excluding hydrogens is 252 g/mol. The van der Waals surface area contributed by atoms with Crippen molar-refractivity contribution in [2.45, 2.75) is 19.4 Å². The lowest BCUT2D eigenvalue weighted by Crippen LogP contribution is -2.22. The Kier molecular flexibility index (Phi) is 3.10. The molecule has 0 spiro atoms. The predicted molar refractivity (Wildman–Crippen MR) is 67.6 cm³/mol. The molecule has 1 aromatic carbocycles. The van der Waals surface area contributed by atoms with E-state index in [2.05, 4.69) is 4.98 Å². The molecule has 1 saturated heterocycles. The van der Waals surface area contributed by atoms with Gasteiger partial charge in [-0.2, -0.15) is 0 Å². The fourth-order valence-corrected chi connectivity index (χ4v) is 2.57. The van der Waals surface area contributed by atoms with E-state index in [1.54, 1.807) is 4.57 Å². The maximum atomic E-state index is 13.6.